The number of allylic oxidation sites excluding steroid dienone is 1. The minimum atomic E-state index is -0.107. The third-order valence-corrected chi connectivity index (χ3v) is 6.62. The molecule has 4 aromatic rings. The summed E-state index contributed by atoms with van der Waals surface area (Å²) in [4.78, 5) is 15.3. The van der Waals surface area contributed by atoms with Crippen LogP contribution in [0.25, 0.3) is 17.0 Å². The molecule has 3 aromatic carbocycles. The molecule has 0 radical (unpaired) electrons. The highest BCUT2D eigenvalue weighted by atomic mass is 35.5. The Morgan fingerprint density at radius 3 is 2.76 bits per heavy atom. The first-order chi connectivity index (χ1) is 16.1. The van der Waals surface area contributed by atoms with Crippen LogP contribution < -0.4 is 9.47 Å². The van der Waals surface area contributed by atoms with Crippen LogP contribution in [0.3, 0.4) is 0 Å². The van der Waals surface area contributed by atoms with Gasteiger partial charge in [0.2, 0.25) is 5.78 Å². The van der Waals surface area contributed by atoms with Gasteiger partial charge in [-0.25, -0.2) is 0 Å². The summed E-state index contributed by atoms with van der Waals surface area (Å²) in [6, 6.07) is 19.6. The second kappa shape index (κ2) is 7.80. The summed E-state index contributed by atoms with van der Waals surface area (Å²) in [6.07, 6.45) is 3.85. The topological polar surface area (TPSA) is 43.7 Å². The van der Waals surface area contributed by atoms with E-state index in [2.05, 4.69) is 21.6 Å². The van der Waals surface area contributed by atoms with Crippen molar-refractivity contribution in [2.24, 2.45) is 7.05 Å². The van der Waals surface area contributed by atoms with Crippen molar-refractivity contribution >= 4 is 34.4 Å². The number of nitrogens with zero attached hydrogens (tertiary/aromatic N) is 2. The number of carbonyl (C=O) groups excluding carboxylic acids is 1. The SMILES string of the molecule is Cn1cc(/C=C2\Oc3c(ccc4c3CN(Cc3ccccc3Cl)CO4)C2=O)c2ccccc21. The number of hydrogen-bond donors (Lipinski definition) is 0. The van der Waals surface area contributed by atoms with Gasteiger partial charge in [0.05, 0.1) is 11.1 Å². The predicted octanol–water partition coefficient (Wildman–Crippen LogP) is 5.80. The van der Waals surface area contributed by atoms with Gasteiger partial charge in [-0.2, -0.15) is 0 Å². The largest absolute Gasteiger partial charge is 0.478 e. The summed E-state index contributed by atoms with van der Waals surface area (Å²) in [5, 5.41) is 1.81. The van der Waals surface area contributed by atoms with Crippen molar-refractivity contribution in [1.29, 1.82) is 0 Å². The molecule has 0 bridgehead atoms. The van der Waals surface area contributed by atoms with E-state index in [9.17, 15) is 4.79 Å². The van der Waals surface area contributed by atoms with Gasteiger partial charge >= 0.3 is 0 Å². The van der Waals surface area contributed by atoms with Gasteiger partial charge in [-0.15, -0.1) is 0 Å². The minimum absolute atomic E-state index is 0.107. The molecule has 1 aromatic heterocycles. The zero-order valence-corrected chi connectivity index (χ0v) is 18.8. The highest BCUT2D eigenvalue weighted by Crippen LogP contribution is 2.42. The highest BCUT2D eigenvalue weighted by molar-refractivity contribution is 6.31. The maximum atomic E-state index is 13.2. The maximum absolute atomic E-state index is 13.2. The smallest absolute Gasteiger partial charge is 0.231 e. The lowest BCUT2D eigenvalue weighted by molar-refractivity contribution is 0.0873. The first kappa shape index (κ1) is 20.1. The van der Waals surface area contributed by atoms with Crippen LogP contribution >= 0.6 is 11.6 Å². The standard InChI is InChI=1S/C27H21ClN2O3/c1-29-13-18(19-7-3-5-9-23(19)29)12-25-26(31)20-10-11-24-21(27(20)33-25)15-30(16-32-24)14-17-6-2-4-8-22(17)28/h2-13H,14-16H2,1H3/b25-12-. The van der Waals surface area contributed by atoms with E-state index in [1.54, 1.807) is 6.07 Å². The van der Waals surface area contributed by atoms with E-state index in [0.29, 0.717) is 36.9 Å². The Hall–Kier alpha value is -3.54. The van der Waals surface area contributed by atoms with E-state index in [1.807, 2.05) is 61.8 Å². The van der Waals surface area contributed by atoms with E-state index < -0.39 is 0 Å². The normalized spacial score (nSPS) is 16.5. The van der Waals surface area contributed by atoms with Crippen molar-refractivity contribution in [2.75, 3.05) is 6.73 Å². The van der Waals surface area contributed by atoms with Crippen LogP contribution in [0.5, 0.6) is 11.5 Å². The fourth-order valence-corrected chi connectivity index (χ4v) is 4.80. The Bertz CT molecular complexity index is 1450. The Morgan fingerprint density at radius 2 is 1.88 bits per heavy atom. The van der Waals surface area contributed by atoms with Gasteiger partial charge in [0.1, 0.15) is 18.2 Å². The molecule has 2 aliphatic rings. The maximum Gasteiger partial charge on any atom is 0.231 e. The third-order valence-electron chi connectivity index (χ3n) is 6.25. The van der Waals surface area contributed by atoms with Gasteiger partial charge in [-0.3, -0.25) is 9.69 Å². The number of halogens is 1. The van der Waals surface area contributed by atoms with Gasteiger partial charge in [-0.05, 0) is 35.9 Å². The van der Waals surface area contributed by atoms with Crippen molar-refractivity contribution in [2.45, 2.75) is 13.1 Å². The van der Waals surface area contributed by atoms with Crippen LogP contribution in [0.15, 0.2) is 72.6 Å². The van der Waals surface area contributed by atoms with Crippen LogP contribution in [0.1, 0.15) is 27.0 Å². The Labute approximate surface area is 196 Å². The highest BCUT2D eigenvalue weighted by Gasteiger charge is 2.34. The number of hydrogen-bond acceptors (Lipinski definition) is 4. The molecule has 6 rings (SSSR count). The molecular formula is C27H21ClN2O3. The first-order valence-electron chi connectivity index (χ1n) is 10.8. The lowest BCUT2D eigenvalue weighted by Gasteiger charge is -2.30. The van der Waals surface area contributed by atoms with Gasteiger partial charge < -0.3 is 14.0 Å². The average molecular weight is 457 g/mol. The number of Topliss-reactive ketones (excluding diaryl/α,β-unsaturated/α-hetero) is 1. The van der Waals surface area contributed by atoms with Crippen molar-refractivity contribution in [3.05, 3.63) is 99.9 Å². The molecule has 0 amide bonds. The molecular weight excluding hydrogens is 436 g/mol. The first-order valence-corrected chi connectivity index (χ1v) is 11.2. The summed E-state index contributed by atoms with van der Waals surface area (Å²) in [5.74, 6) is 1.57. The van der Waals surface area contributed by atoms with Gasteiger partial charge in [0.25, 0.3) is 0 Å². The summed E-state index contributed by atoms with van der Waals surface area (Å²) in [5.41, 5.74) is 4.55. The van der Waals surface area contributed by atoms with E-state index in [4.69, 9.17) is 21.1 Å². The van der Waals surface area contributed by atoms with Crippen LogP contribution in [0, 0.1) is 0 Å². The number of rotatable bonds is 3. The molecule has 33 heavy (non-hydrogen) atoms. The molecule has 6 heteroatoms. The van der Waals surface area contributed by atoms with Crippen molar-refractivity contribution in [3.8, 4) is 11.5 Å². The predicted molar refractivity (Wildman–Crippen MR) is 128 cm³/mol. The number of aryl methyl sites for hydroxylation is 1. The molecule has 164 valence electrons. The number of aromatic nitrogens is 1. The van der Waals surface area contributed by atoms with Gasteiger partial charge in [0.15, 0.2) is 5.76 Å². The molecule has 3 heterocycles. The van der Waals surface area contributed by atoms with Crippen molar-refractivity contribution in [1.82, 2.24) is 9.47 Å². The number of para-hydroxylation sites is 1. The minimum Gasteiger partial charge on any atom is -0.478 e. The molecule has 0 atom stereocenters. The van der Waals surface area contributed by atoms with Crippen LogP contribution in [0.2, 0.25) is 5.02 Å². The molecule has 0 saturated heterocycles. The summed E-state index contributed by atoms with van der Waals surface area (Å²) in [6.45, 7) is 1.71. The van der Waals surface area contributed by atoms with Gasteiger partial charge in [-0.1, -0.05) is 48.0 Å². The lowest BCUT2D eigenvalue weighted by Crippen LogP contribution is -2.31. The van der Waals surface area contributed by atoms with E-state index in [1.165, 1.54) is 0 Å². The van der Waals surface area contributed by atoms with Crippen LogP contribution in [-0.2, 0) is 20.1 Å². The number of carbonyl (C=O) groups is 1. The van der Waals surface area contributed by atoms with E-state index in [0.717, 1.165) is 38.4 Å². The molecule has 0 fully saturated rings. The van der Waals surface area contributed by atoms with Gasteiger partial charge in [0, 0.05) is 47.8 Å². The third kappa shape index (κ3) is 3.41. The Balaban J connectivity index is 1.33. The fraction of sp³-hybridized carbons (Fsp3) is 0.148. The van der Waals surface area contributed by atoms with Crippen LogP contribution in [0.4, 0.5) is 0 Å². The number of fused-ring (bicyclic) bond motifs is 4. The average Bonchev–Trinajstić information content (AvgIpc) is 3.32. The molecule has 0 unspecified atom stereocenters. The number of ether oxygens (including phenoxy) is 2. The monoisotopic (exact) mass is 456 g/mol. The zero-order chi connectivity index (χ0) is 22.5. The second-order valence-electron chi connectivity index (χ2n) is 8.42. The number of benzene rings is 3. The summed E-state index contributed by atoms with van der Waals surface area (Å²) < 4.78 is 14.2. The summed E-state index contributed by atoms with van der Waals surface area (Å²) in [7, 11) is 2.00. The Morgan fingerprint density at radius 1 is 1.06 bits per heavy atom. The second-order valence-corrected chi connectivity index (χ2v) is 8.83. The molecule has 0 N–H and O–H groups in total. The fourth-order valence-electron chi connectivity index (χ4n) is 4.60. The quantitative estimate of drug-likeness (QED) is 0.365. The van der Waals surface area contributed by atoms with Crippen LogP contribution in [-0.4, -0.2) is 22.0 Å². The number of ketones is 1. The molecule has 2 aliphatic heterocycles. The molecule has 0 aliphatic carbocycles. The summed E-state index contributed by atoms with van der Waals surface area (Å²) >= 11 is 6.35. The van der Waals surface area contributed by atoms with Crippen molar-refractivity contribution in [3.63, 3.8) is 0 Å². The van der Waals surface area contributed by atoms with Crippen molar-refractivity contribution < 1.29 is 14.3 Å². The zero-order valence-electron chi connectivity index (χ0n) is 18.0. The molecule has 0 spiro atoms. The Kier molecular flexibility index (Phi) is 4.75. The molecule has 5 nitrogen and oxygen atoms in total. The lowest BCUT2D eigenvalue weighted by atomic mass is 10.0. The molecule has 0 saturated carbocycles. The van der Waals surface area contributed by atoms with E-state index in [-0.39, 0.29) is 5.78 Å². The van der Waals surface area contributed by atoms with E-state index >= 15 is 0 Å².